The van der Waals surface area contributed by atoms with Crippen molar-refractivity contribution in [1.82, 2.24) is 19.6 Å². The smallest absolute Gasteiger partial charge is 0.321 e. The van der Waals surface area contributed by atoms with E-state index in [2.05, 4.69) is 20.0 Å². The lowest BCUT2D eigenvalue weighted by Gasteiger charge is -2.32. The fourth-order valence-electron chi connectivity index (χ4n) is 3.01. The number of rotatable bonds is 4. The maximum Gasteiger partial charge on any atom is 0.321 e. The van der Waals surface area contributed by atoms with Gasteiger partial charge in [0.2, 0.25) is 10.0 Å². The first-order valence-corrected chi connectivity index (χ1v) is 9.83. The lowest BCUT2D eigenvalue weighted by molar-refractivity contribution is 0.192. The average molecular weight is 375 g/mol. The second kappa shape index (κ2) is 7.79. The molecule has 1 unspecified atom stereocenters. The standard InChI is InChI=1S/C17H21N5O3S/c1-18-26(24,25)15-6-2-5-14(10-15)21-17(23)22-9-3-4-13(11-22)16-7-8-19-12-20-16/h2,5-8,10,12-13,18H,3-4,9,11H2,1H3,(H,21,23). The molecular weight excluding hydrogens is 354 g/mol. The molecule has 138 valence electrons. The number of hydrogen-bond donors (Lipinski definition) is 2. The first-order chi connectivity index (χ1) is 12.5. The minimum atomic E-state index is -3.56. The summed E-state index contributed by atoms with van der Waals surface area (Å²) in [5, 5.41) is 2.78. The van der Waals surface area contributed by atoms with Crippen LogP contribution in [-0.2, 0) is 10.0 Å². The number of nitrogens with one attached hydrogen (secondary N) is 2. The highest BCUT2D eigenvalue weighted by Crippen LogP contribution is 2.25. The van der Waals surface area contributed by atoms with E-state index >= 15 is 0 Å². The predicted octanol–water partition coefficient (Wildman–Crippen LogP) is 1.80. The number of sulfonamides is 1. The van der Waals surface area contributed by atoms with Gasteiger partial charge in [0.25, 0.3) is 0 Å². The number of carbonyl (C=O) groups is 1. The molecule has 0 saturated carbocycles. The van der Waals surface area contributed by atoms with Gasteiger partial charge in [0.15, 0.2) is 0 Å². The Morgan fingerprint density at radius 1 is 1.31 bits per heavy atom. The van der Waals surface area contributed by atoms with Gasteiger partial charge >= 0.3 is 6.03 Å². The van der Waals surface area contributed by atoms with E-state index in [-0.39, 0.29) is 16.8 Å². The second-order valence-corrected chi connectivity index (χ2v) is 7.97. The lowest BCUT2D eigenvalue weighted by Crippen LogP contribution is -2.41. The summed E-state index contributed by atoms with van der Waals surface area (Å²) < 4.78 is 26.1. The highest BCUT2D eigenvalue weighted by Gasteiger charge is 2.25. The third-order valence-electron chi connectivity index (χ3n) is 4.40. The number of urea groups is 1. The molecular formula is C17H21N5O3S. The zero-order valence-electron chi connectivity index (χ0n) is 14.4. The molecule has 2 N–H and O–H groups in total. The Labute approximate surface area is 152 Å². The maximum absolute atomic E-state index is 12.6. The van der Waals surface area contributed by atoms with Crippen LogP contribution in [0.15, 0.2) is 47.8 Å². The molecule has 1 aromatic heterocycles. The molecule has 9 heteroatoms. The van der Waals surface area contributed by atoms with E-state index < -0.39 is 10.0 Å². The van der Waals surface area contributed by atoms with Crippen LogP contribution in [0.25, 0.3) is 0 Å². The summed E-state index contributed by atoms with van der Waals surface area (Å²) in [5.41, 5.74) is 1.37. The summed E-state index contributed by atoms with van der Waals surface area (Å²) in [4.78, 5) is 22.6. The van der Waals surface area contributed by atoms with E-state index in [0.717, 1.165) is 18.5 Å². The summed E-state index contributed by atoms with van der Waals surface area (Å²) >= 11 is 0. The molecule has 3 rings (SSSR count). The number of aromatic nitrogens is 2. The number of likely N-dealkylation sites (tertiary alicyclic amines) is 1. The van der Waals surface area contributed by atoms with E-state index in [1.165, 1.54) is 25.5 Å². The van der Waals surface area contributed by atoms with Crippen molar-refractivity contribution in [2.24, 2.45) is 0 Å². The highest BCUT2D eigenvalue weighted by atomic mass is 32.2. The quantitative estimate of drug-likeness (QED) is 0.848. The molecule has 1 atom stereocenters. The van der Waals surface area contributed by atoms with Crippen LogP contribution in [0.1, 0.15) is 24.5 Å². The first-order valence-electron chi connectivity index (χ1n) is 8.35. The molecule has 1 aliphatic rings. The number of piperidine rings is 1. The Hall–Kier alpha value is -2.52. The molecule has 8 nitrogen and oxygen atoms in total. The van der Waals surface area contributed by atoms with Gasteiger partial charge in [-0.3, -0.25) is 0 Å². The Kier molecular flexibility index (Phi) is 5.48. The third-order valence-corrected chi connectivity index (χ3v) is 5.81. The van der Waals surface area contributed by atoms with Crippen LogP contribution in [0.3, 0.4) is 0 Å². The molecule has 2 amide bonds. The van der Waals surface area contributed by atoms with Gasteiger partial charge in [-0.2, -0.15) is 0 Å². The third kappa shape index (κ3) is 4.17. The Morgan fingerprint density at radius 2 is 2.15 bits per heavy atom. The molecule has 0 spiro atoms. The largest absolute Gasteiger partial charge is 0.324 e. The van der Waals surface area contributed by atoms with Gasteiger partial charge in [-0.25, -0.2) is 27.9 Å². The van der Waals surface area contributed by atoms with Gasteiger partial charge in [0.1, 0.15) is 6.33 Å². The Balaban J connectivity index is 1.69. The predicted molar refractivity (Wildman–Crippen MR) is 97.3 cm³/mol. The number of carbonyl (C=O) groups excluding carboxylic acids is 1. The van der Waals surface area contributed by atoms with E-state index in [1.54, 1.807) is 23.2 Å². The topological polar surface area (TPSA) is 104 Å². The van der Waals surface area contributed by atoms with Gasteiger partial charge in [0, 0.05) is 36.6 Å². The van der Waals surface area contributed by atoms with E-state index in [0.29, 0.717) is 18.8 Å². The van der Waals surface area contributed by atoms with Gasteiger partial charge in [-0.15, -0.1) is 0 Å². The minimum Gasteiger partial charge on any atom is -0.324 e. The summed E-state index contributed by atoms with van der Waals surface area (Å²) in [6, 6.07) is 7.81. The Morgan fingerprint density at radius 3 is 2.88 bits per heavy atom. The molecule has 1 fully saturated rings. The molecule has 0 aliphatic carbocycles. The first kappa shape index (κ1) is 18.3. The van der Waals surface area contributed by atoms with Crippen molar-refractivity contribution in [2.75, 3.05) is 25.5 Å². The zero-order valence-corrected chi connectivity index (χ0v) is 15.2. The van der Waals surface area contributed by atoms with E-state index in [4.69, 9.17) is 0 Å². The summed E-state index contributed by atoms with van der Waals surface area (Å²) in [6.07, 6.45) is 5.07. The fourth-order valence-corrected chi connectivity index (χ4v) is 3.78. The van der Waals surface area contributed by atoms with E-state index in [9.17, 15) is 13.2 Å². The number of benzene rings is 1. The molecule has 0 radical (unpaired) electrons. The monoisotopic (exact) mass is 375 g/mol. The molecule has 2 heterocycles. The van der Waals surface area contributed by atoms with Crippen LogP contribution in [0, 0.1) is 0 Å². The van der Waals surface area contributed by atoms with Crippen LogP contribution in [0.5, 0.6) is 0 Å². The maximum atomic E-state index is 12.6. The zero-order chi connectivity index (χ0) is 18.6. The van der Waals surface area contributed by atoms with Crippen molar-refractivity contribution in [3.63, 3.8) is 0 Å². The van der Waals surface area contributed by atoms with Crippen LogP contribution in [0.4, 0.5) is 10.5 Å². The number of nitrogens with zero attached hydrogens (tertiary/aromatic N) is 3. The summed E-state index contributed by atoms with van der Waals surface area (Å²) in [6.45, 7) is 1.22. The number of anilines is 1. The molecule has 1 aliphatic heterocycles. The van der Waals surface area contributed by atoms with Gasteiger partial charge in [-0.1, -0.05) is 6.07 Å². The molecule has 2 aromatic rings. The SMILES string of the molecule is CNS(=O)(=O)c1cccc(NC(=O)N2CCCC(c3ccncn3)C2)c1. The lowest BCUT2D eigenvalue weighted by atomic mass is 9.95. The summed E-state index contributed by atoms with van der Waals surface area (Å²) in [5.74, 6) is 0.175. The van der Waals surface area contributed by atoms with Crippen molar-refractivity contribution in [2.45, 2.75) is 23.7 Å². The number of hydrogen-bond acceptors (Lipinski definition) is 5. The van der Waals surface area contributed by atoms with Crippen molar-refractivity contribution >= 4 is 21.7 Å². The molecule has 0 bridgehead atoms. The molecule has 26 heavy (non-hydrogen) atoms. The van der Waals surface area contributed by atoms with Crippen LogP contribution < -0.4 is 10.0 Å². The number of amides is 2. The Bertz CT molecular complexity index is 873. The van der Waals surface area contributed by atoms with Crippen molar-refractivity contribution < 1.29 is 13.2 Å². The van der Waals surface area contributed by atoms with Crippen LogP contribution in [0.2, 0.25) is 0 Å². The minimum absolute atomic E-state index is 0.107. The second-order valence-electron chi connectivity index (χ2n) is 6.08. The van der Waals surface area contributed by atoms with E-state index in [1.807, 2.05) is 6.07 Å². The molecule has 1 aromatic carbocycles. The normalized spacial score (nSPS) is 17.7. The van der Waals surface area contributed by atoms with Crippen LogP contribution >= 0.6 is 0 Å². The highest BCUT2D eigenvalue weighted by molar-refractivity contribution is 7.89. The van der Waals surface area contributed by atoms with Crippen molar-refractivity contribution in [3.8, 4) is 0 Å². The van der Waals surface area contributed by atoms with Crippen molar-refractivity contribution in [1.29, 1.82) is 0 Å². The van der Waals surface area contributed by atoms with Gasteiger partial charge in [0.05, 0.1) is 4.90 Å². The van der Waals surface area contributed by atoms with Gasteiger partial charge < -0.3 is 10.2 Å². The average Bonchev–Trinajstić information content (AvgIpc) is 2.69. The summed E-state index contributed by atoms with van der Waals surface area (Å²) in [7, 11) is -2.21. The van der Waals surface area contributed by atoms with Crippen LogP contribution in [-0.4, -0.2) is 49.5 Å². The fraction of sp³-hybridized carbons (Fsp3) is 0.353. The molecule has 1 saturated heterocycles. The van der Waals surface area contributed by atoms with Crippen molar-refractivity contribution in [3.05, 3.63) is 48.5 Å². The van der Waals surface area contributed by atoms with Gasteiger partial charge in [-0.05, 0) is 44.2 Å².